The molecule has 0 unspecified atom stereocenters. The minimum Gasteiger partial charge on any atom is -0.376 e. The van der Waals surface area contributed by atoms with Crippen LogP contribution in [0, 0.1) is 5.92 Å². The number of anilines is 1. The normalized spacial score (nSPS) is 15.9. The lowest BCUT2D eigenvalue weighted by Gasteiger charge is -2.30. The van der Waals surface area contributed by atoms with Crippen LogP contribution in [0.4, 0.5) is 5.69 Å². The van der Waals surface area contributed by atoms with Gasteiger partial charge in [-0.05, 0) is 30.9 Å². The highest BCUT2D eigenvalue weighted by Gasteiger charge is 2.20. The van der Waals surface area contributed by atoms with Gasteiger partial charge in [-0.3, -0.25) is 9.59 Å². The van der Waals surface area contributed by atoms with Crippen molar-refractivity contribution in [3.8, 4) is 0 Å². The van der Waals surface area contributed by atoms with Crippen molar-refractivity contribution in [3.05, 3.63) is 29.8 Å². The van der Waals surface area contributed by atoms with E-state index in [9.17, 15) is 9.59 Å². The number of rotatable bonds is 4. The molecule has 1 aromatic rings. The molecule has 0 spiro atoms. The van der Waals surface area contributed by atoms with Crippen molar-refractivity contribution in [2.24, 2.45) is 11.7 Å². The van der Waals surface area contributed by atoms with E-state index in [2.05, 4.69) is 12.2 Å². The molecule has 1 fully saturated rings. The number of benzene rings is 1. The van der Waals surface area contributed by atoms with Gasteiger partial charge in [0.25, 0.3) is 5.91 Å². The molecule has 108 valence electrons. The van der Waals surface area contributed by atoms with E-state index in [-0.39, 0.29) is 12.5 Å². The molecule has 1 aliphatic rings. The third-order valence-electron chi connectivity index (χ3n) is 3.76. The lowest BCUT2D eigenvalue weighted by atomic mass is 9.99. The van der Waals surface area contributed by atoms with Crippen molar-refractivity contribution in [3.63, 3.8) is 0 Å². The molecule has 0 aromatic heterocycles. The summed E-state index contributed by atoms with van der Waals surface area (Å²) in [6, 6.07) is 6.96. The van der Waals surface area contributed by atoms with Gasteiger partial charge in [-0.1, -0.05) is 19.1 Å². The molecule has 0 atom stereocenters. The van der Waals surface area contributed by atoms with Crippen molar-refractivity contribution < 1.29 is 9.59 Å². The number of primary amides is 1. The molecule has 0 aliphatic carbocycles. The smallest absolute Gasteiger partial charge is 0.250 e. The number of hydrogen-bond acceptors (Lipinski definition) is 3. The summed E-state index contributed by atoms with van der Waals surface area (Å²) in [6.07, 6.45) is 2.12. The second-order valence-corrected chi connectivity index (χ2v) is 5.33. The maximum Gasteiger partial charge on any atom is 0.250 e. The minimum atomic E-state index is -0.493. The van der Waals surface area contributed by atoms with E-state index in [4.69, 9.17) is 5.73 Å². The highest BCUT2D eigenvalue weighted by molar-refractivity contribution is 5.99. The summed E-state index contributed by atoms with van der Waals surface area (Å²) >= 11 is 0. The predicted molar refractivity (Wildman–Crippen MR) is 78.4 cm³/mol. The van der Waals surface area contributed by atoms with Gasteiger partial charge >= 0.3 is 0 Å². The van der Waals surface area contributed by atoms with Crippen molar-refractivity contribution in [2.45, 2.75) is 19.8 Å². The highest BCUT2D eigenvalue weighted by Crippen LogP contribution is 2.17. The van der Waals surface area contributed by atoms with Gasteiger partial charge < -0.3 is 16.0 Å². The first kappa shape index (κ1) is 14.4. The number of piperidine rings is 1. The predicted octanol–water partition coefficient (Wildman–Crippen LogP) is 1.46. The van der Waals surface area contributed by atoms with E-state index in [0.29, 0.717) is 17.2 Å². The number of nitrogens with two attached hydrogens (primary N) is 1. The summed E-state index contributed by atoms with van der Waals surface area (Å²) in [5, 5.41) is 3.01. The first-order valence-corrected chi connectivity index (χ1v) is 6.98. The maximum absolute atomic E-state index is 12.1. The zero-order valence-corrected chi connectivity index (χ0v) is 11.8. The number of hydrogen-bond donors (Lipinski definition) is 2. The monoisotopic (exact) mass is 275 g/mol. The molecule has 20 heavy (non-hydrogen) atoms. The quantitative estimate of drug-likeness (QED) is 0.873. The van der Waals surface area contributed by atoms with Crippen LogP contribution >= 0.6 is 0 Å². The largest absolute Gasteiger partial charge is 0.376 e. The summed E-state index contributed by atoms with van der Waals surface area (Å²) in [6.45, 7) is 4.04. The first-order valence-electron chi connectivity index (χ1n) is 6.98. The summed E-state index contributed by atoms with van der Waals surface area (Å²) in [7, 11) is 0. The molecule has 3 N–H and O–H groups in total. The Morgan fingerprint density at radius 3 is 2.60 bits per heavy atom. The van der Waals surface area contributed by atoms with Gasteiger partial charge in [-0.25, -0.2) is 0 Å². The SMILES string of the molecule is CC1CCN(C(=O)CNc2ccccc2C(N)=O)CC1. The Hall–Kier alpha value is -2.04. The standard InChI is InChI=1S/C15H21N3O2/c1-11-6-8-18(9-7-11)14(19)10-17-13-5-3-2-4-12(13)15(16)20/h2-5,11,17H,6-10H2,1H3,(H2,16,20). The molecule has 5 nitrogen and oxygen atoms in total. The van der Waals surface area contributed by atoms with E-state index < -0.39 is 5.91 Å². The number of nitrogens with zero attached hydrogens (tertiary/aromatic N) is 1. The van der Waals surface area contributed by atoms with Gasteiger partial charge in [0.05, 0.1) is 12.1 Å². The molecule has 1 saturated heterocycles. The number of para-hydroxylation sites is 1. The van der Waals surface area contributed by atoms with Crippen LogP contribution in [-0.4, -0.2) is 36.3 Å². The summed E-state index contributed by atoms with van der Waals surface area (Å²) in [4.78, 5) is 25.3. The summed E-state index contributed by atoms with van der Waals surface area (Å²) < 4.78 is 0. The Bertz CT molecular complexity index is 494. The molecular formula is C15H21N3O2. The molecule has 1 heterocycles. The van der Waals surface area contributed by atoms with Crippen LogP contribution in [0.3, 0.4) is 0 Å². The Balaban J connectivity index is 1.92. The molecule has 2 amide bonds. The summed E-state index contributed by atoms with van der Waals surface area (Å²) in [5.41, 5.74) is 6.32. The zero-order valence-electron chi connectivity index (χ0n) is 11.8. The van der Waals surface area contributed by atoms with Crippen molar-refractivity contribution in [2.75, 3.05) is 25.0 Å². The molecule has 0 radical (unpaired) electrons. The molecule has 1 aromatic carbocycles. The average molecular weight is 275 g/mol. The fourth-order valence-electron chi connectivity index (χ4n) is 2.39. The molecule has 2 rings (SSSR count). The fourth-order valence-corrected chi connectivity index (χ4v) is 2.39. The van der Waals surface area contributed by atoms with E-state index in [1.54, 1.807) is 18.2 Å². The van der Waals surface area contributed by atoms with Gasteiger partial charge in [0.1, 0.15) is 0 Å². The number of nitrogens with one attached hydrogen (secondary N) is 1. The highest BCUT2D eigenvalue weighted by atomic mass is 16.2. The number of amides is 2. The number of carbonyl (C=O) groups is 2. The lowest BCUT2D eigenvalue weighted by molar-refractivity contribution is -0.130. The van der Waals surface area contributed by atoms with Crippen LogP contribution < -0.4 is 11.1 Å². The van der Waals surface area contributed by atoms with Crippen LogP contribution in [0.2, 0.25) is 0 Å². The lowest BCUT2D eigenvalue weighted by Crippen LogP contribution is -2.41. The van der Waals surface area contributed by atoms with Gasteiger partial charge in [-0.15, -0.1) is 0 Å². The third kappa shape index (κ3) is 3.50. The maximum atomic E-state index is 12.1. The van der Waals surface area contributed by atoms with Crippen LogP contribution in [-0.2, 0) is 4.79 Å². The van der Waals surface area contributed by atoms with Crippen molar-refractivity contribution in [1.82, 2.24) is 4.90 Å². The van der Waals surface area contributed by atoms with E-state index in [1.807, 2.05) is 11.0 Å². The molecule has 5 heteroatoms. The number of carbonyl (C=O) groups excluding carboxylic acids is 2. The van der Waals surface area contributed by atoms with Gasteiger partial charge in [0, 0.05) is 18.8 Å². The first-order chi connectivity index (χ1) is 9.58. The Morgan fingerprint density at radius 1 is 1.30 bits per heavy atom. The van der Waals surface area contributed by atoms with Gasteiger partial charge in [0.15, 0.2) is 0 Å². The average Bonchev–Trinajstić information content (AvgIpc) is 2.45. The Morgan fingerprint density at radius 2 is 1.95 bits per heavy atom. The molecular weight excluding hydrogens is 254 g/mol. The van der Waals surface area contributed by atoms with E-state index >= 15 is 0 Å². The summed E-state index contributed by atoms with van der Waals surface area (Å²) in [5.74, 6) is 0.270. The topological polar surface area (TPSA) is 75.4 Å². The fraction of sp³-hybridized carbons (Fsp3) is 0.467. The van der Waals surface area contributed by atoms with E-state index in [0.717, 1.165) is 25.9 Å². The second kappa shape index (κ2) is 6.41. The molecule has 0 bridgehead atoms. The Kier molecular flexibility index (Phi) is 4.61. The number of likely N-dealkylation sites (tertiary alicyclic amines) is 1. The second-order valence-electron chi connectivity index (χ2n) is 5.33. The van der Waals surface area contributed by atoms with Gasteiger partial charge in [0.2, 0.25) is 5.91 Å². The third-order valence-corrected chi connectivity index (χ3v) is 3.76. The Labute approximate surface area is 119 Å². The van der Waals surface area contributed by atoms with Crippen LogP contribution in [0.15, 0.2) is 24.3 Å². The molecule has 0 saturated carbocycles. The van der Waals surface area contributed by atoms with Crippen LogP contribution in [0.1, 0.15) is 30.1 Å². The zero-order chi connectivity index (χ0) is 14.5. The van der Waals surface area contributed by atoms with Crippen LogP contribution in [0.25, 0.3) is 0 Å². The van der Waals surface area contributed by atoms with Crippen molar-refractivity contribution in [1.29, 1.82) is 0 Å². The van der Waals surface area contributed by atoms with Crippen molar-refractivity contribution >= 4 is 17.5 Å². The van der Waals surface area contributed by atoms with Crippen LogP contribution in [0.5, 0.6) is 0 Å². The molecule has 1 aliphatic heterocycles. The van der Waals surface area contributed by atoms with E-state index in [1.165, 1.54) is 0 Å². The van der Waals surface area contributed by atoms with Gasteiger partial charge in [-0.2, -0.15) is 0 Å². The minimum absolute atomic E-state index is 0.0659.